The second-order valence-electron chi connectivity index (χ2n) is 1.52. The molecule has 0 fully saturated rings. The van der Waals surface area contributed by atoms with E-state index in [0.717, 1.165) is 0 Å². The average Bonchev–Trinajstić information content (AvgIpc) is 1.83. The van der Waals surface area contributed by atoms with Crippen molar-refractivity contribution < 1.29 is 4.39 Å². The van der Waals surface area contributed by atoms with Crippen LogP contribution in [0.15, 0.2) is 12.4 Å². The minimum atomic E-state index is -0.384. The van der Waals surface area contributed by atoms with E-state index in [0.29, 0.717) is 3.57 Å². The van der Waals surface area contributed by atoms with Crippen LogP contribution in [0.5, 0.6) is 0 Å². The van der Waals surface area contributed by atoms with Crippen LogP contribution in [-0.2, 0) is 0 Å². The summed E-state index contributed by atoms with van der Waals surface area (Å²) in [6.45, 7) is 0. The molecule has 4 heteroatoms. The Morgan fingerprint density at radius 3 is 2.67 bits per heavy atom. The fourth-order valence-electron chi connectivity index (χ4n) is 0.434. The first-order valence-corrected chi connectivity index (χ1v) is 3.34. The third-order valence-corrected chi connectivity index (χ3v) is 1.62. The molecule has 1 rings (SSSR count). The van der Waals surface area contributed by atoms with Crippen molar-refractivity contribution in [2.24, 2.45) is 0 Å². The van der Waals surface area contributed by atoms with Gasteiger partial charge < -0.3 is 5.73 Å². The number of hydrogen-bond donors (Lipinski definition) is 1. The van der Waals surface area contributed by atoms with Gasteiger partial charge in [0.05, 0.1) is 15.5 Å². The number of halogens is 2. The number of aromatic nitrogens is 1. The van der Waals surface area contributed by atoms with Crippen LogP contribution in [0.25, 0.3) is 0 Å². The van der Waals surface area contributed by atoms with Crippen molar-refractivity contribution in [1.29, 1.82) is 0 Å². The molecular weight excluding hydrogens is 234 g/mol. The minimum absolute atomic E-state index is 0.0990. The van der Waals surface area contributed by atoms with Crippen molar-refractivity contribution in [3.05, 3.63) is 21.8 Å². The van der Waals surface area contributed by atoms with Gasteiger partial charge in [-0.15, -0.1) is 0 Å². The Kier molecular flexibility index (Phi) is 1.84. The molecule has 0 radical (unpaired) electrons. The molecule has 0 aliphatic carbocycles. The molecule has 0 unspecified atom stereocenters. The van der Waals surface area contributed by atoms with E-state index in [-0.39, 0.29) is 11.5 Å². The van der Waals surface area contributed by atoms with Gasteiger partial charge in [-0.2, -0.15) is 0 Å². The molecule has 0 spiro atoms. The van der Waals surface area contributed by atoms with E-state index in [1.807, 2.05) is 22.6 Å². The number of nitrogens with zero attached hydrogens (tertiary/aromatic N) is 1. The van der Waals surface area contributed by atoms with Gasteiger partial charge in [-0.25, -0.2) is 4.39 Å². The van der Waals surface area contributed by atoms with E-state index in [4.69, 9.17) is 5.73 Å². The molecule has 0 aromatic carbocycles. The summed E-state index contributed by atoms with van der Waals surface area (Å²) in [4.78, 5) is 3.67. The number of rotatable bonds is 0. The van der Waals surface area contributed by atoms with Gasteiger partial charge in [0, 0.05) is 6.20 Å². The molecule has 0 saturated heterocycles. The number of pyridine rings is 1. The highest BCUT2D eigenvalue weighted by atomic mass is 127. The van der Waals surface area contributed by atoms with Gasteiger partial charge in [0.15, 0.2) is 5.82 Å². The van der Waals surface area contributed by atoms with Crippen LogP contribution >= 0.6 is 22.6 Å². The molecule has 0 amide bonds. The van der Waals surface area contributed by atoms with Crippen LogP contribution in [0, 0.1) is 9.39 Å². The van der Waals surface area contributed by atoms with E-state index in [9.17, 15) is 4.39 Å². The van der Waals surface area contributed by atoms with Crippen LogP contribution in [0.2, 0.25) is 0 Å². The molecule has 0 atom stereocenters. The summed E-state index contributed by atoms with van der Waals surface area (Å²) in [5, 5.41) is 0. The lowest BCUT2D eigenvalue weighted by molar-refractivity contribution is 0.623. The van der Waals surface area contributed by atoms with E-state index < -0.39 is 0 Å². The molecule has 0 aliphatic rings. The molecule has 1 aromatic rings. The Morgan fingerprint density at radius 2 is 2.22 bits per heavy atom. The predicted octanol–water partition coefficient (Wildman–Crippen LogP) is 1.41. The van der Waals surface area contributed by atoms with Gasteiger partial charge in [-0.1, -0.05) is 0 Å². The van der Waals surface area contributed by atoms with Gasteiger partial charge in [0.25, 0.3) is 0 Å². The fraction of sp³-hybridized carbons (Fsp3) is 0. The largest absolute Gasteiger partial charge is 0.395 e. The first kappa shape index (κ1) is 6.73. The zero-order valence-electron chi connectivity index (χ0n) is 4.44. The summed E-state index contributed by atoms with van der Waals surface area (Å²) in [7, 11) is 0. The SMILES string of the molecule is Nc1cncc(I)c1F. The molecule has 9 heavy (non-hydrogen) atoms. The summed E-state index contributed by atoms with van der Waals surface area (Å²) in [6.07, 6.45) is 2.71. The highest BCUT2D eigenvalue weighted by Gasteiger charge is 2.00. The Hall–Kier alpha value is -0.390. The maximum Gasteiger partial charge on any atom is 0.162 e. The zero-order chi connectivity index (χ0) is 6.85. The topological polar surface area (TPSA) is 38.9 Å². The number of nitrogen functional groups attached to an aromatic ring is 1. The lowest BCUT2D eigenvalue weighted by Gasteiger charge is -1.94. The highest BCUT2D eigenvalue weighted by Crippen LogP contribution is 2.13. The molecule has 1 aromatic heterocycles. The summed E-state index contributed by atoms with van der Waals surface area (Å²) in [5.41, 5.74) is 5.28. The normalized spacial score (nSPS) is 9.56. The van der Waals surface area contributed by atoms with Crippen molar-refractivity contribution in [2.75, 3.05) is 5.73 Å². The molecule has 2 nitrogen and oxygen atoms in total. The molecule has 48 valence electrons. The van der Waals surface area contributed by atoms with Crippen molar-refractivity contribution in [1.82, 2.24) is 4.98 Å². The summed E-state index contributed by atoms with van der Waals surface area (Å²) < 4.78 is 13.0. The zero-order valence-corrected chi connectivity index (χ0v) is 6.59. The van der Waals surface area contributed by atoms with Crippen LogP contribution in [0.1, 0.15) is 0 Å². The summed E-state index contributed by atoms with van der Waals surface area (Å²) in [5.74, 6) is -0.384. The fourth-order valence-corrected chi connectivity index (χ4v) is 0.906. The third kappa shape index (κ3) is 1.29. The van der Waals surface area contributed by atoms with E-state index >= 15 is 0 Å². The number of hydrogen-bond acceptors (Lipinski definition) is 2. The standard InChI is InChI=1S/C5H4FIN2/c6-5-3(7)1-9-2-4(5)8/h1-2H,8H2. The van der Waals surface area contributed by atoms with Crippen LogP contribution in [0.3, 0.4) is 0 Å². The summed E-state index contributed by atoms with van der Waals surface area (Å²) in [6, 6.07) is 0. The van der Waals surface area contributed by atoms with Crippen LogP contribution in [-0.4, -0.2) is 4.98 Å². The maximum atomic E-state index is 12.6. The lowest BCUT2D eigenvalue weighted by Crippen LogP contribution is -1.93. The molecule has 1 heterocycles. The van der Waals surface area contributed by atoms with Gasteiger partial charge in [-0.3, -0.25) is 4.98 Å². The van der Waals surface area contributed by atoms with Crippen molar-refractivity contribution in [3.63, 3.8) is 0 Å². The second-order valence-corrected chi connectivity index (χ2v) is 2.69. The Labute approximate surface area is 65.4 Å². The molecule has 0 bridgehead atoms. The van der Waals surface area contributed by atoms with Gasteiger partial charge in [0.1, 0.15) is 0 Å². The van der Waals surface area contributed by atoms with E-state index in [1.54, 1.807) is 0 Å². The molecule has 2 N–H and O–H groups in total. The van der Waals surface area contributed by atoms with E-state index in [1.165, 1.54) is 12.4 Å². The number of anilines is 1. The van der Waals surface area contributed by atoms with Crippen LogP contribution < -0.4 is 5.73 Å². The molecule has 0 aliphatic heterocycles. The lowest BCUT2D eigenvalue weighted by atomic mass is 10.4. The minimum Gasteiger partial charge on any atom is -0.395 e. The van der Waals surface area contributed by atoms with Crippen molar-refractivity contribution >= 4 is 28.3 Å². The molecule has 0 saturated carbocycles. The van der Waals surface area contributed by atoms with E-state index in [2.05, 4.69) is 4.98 Å². The second kappa shape index (κ2) is 2.47. The van der Waals surface area contributed by atoms with Crippen molar-refractivity contribution in [3.8, 4) is 0 Å². The number of nitrogens with two attached hydrogens (primary N) is 1. The Morgan fingerprint density at radius 1 is 1.56 bits per heavy atom. The van der Waals surface area contributed by atoms with Gasteiger partial charge >= 0.3 is 0 Å². The van der Waals surface area contributed by atoms with Gasteiger partial charge in [0.2, 0.25) is 0 Å². The Balaban J connectivity index is 3.25. The quantitative estimate of drug-likeness (QED) is 0.694. The third-order valence-electron chi connectivity index (χ3n) is 0.865. The highest BCUT2D eigenvalue weighted by molar-refractivity contribution is 14.1. The maximum absolute atomic E-state index is 12.6. The smallest absolute Gasteiger partial charge is 0.162 e. The molecular formula is C5H4FIN2. The monoisotopic (exact) mass is 238 g/mol. The van der Waals surface area contributed by atoms with Gasteiger partial charge in [-0.05, 0) is 22.6 Å². The summed E-state index contributed by atoms with van der Waals surface area (Å²) >= 11 is 1.83. The van der Waals surface area contributed by atoms with Crippen molar-refractivity contribution in [2.45, 2.75) is 0 Å². The first-order chi connectivity index (χ1) is 4.22. The Bertz CT molecular complexity index is 206. The average molecular weight is 238 g/mol. The first-order valence-electron chi connectivity index (χ1n) is 2.26. The van der Waals surface area contributed by atoms with Crippen LogP contribution in [0.4, 0.5) is 10.1 Å². The predicted molar refractivity (Wildman–Crippen MR) is 41.3 cm³/mol.